The molecule has 0 aliphatic carbocycles. The van der Waals surface area contributed by atoms with Crippen LogP contribution in [0.5, 0.6) is 0 Å². The average Bonchev–Trinajstić information content (AvgIpc) is 3.11. The van der Waals surface area contributed by atoms with Gasteiger partial charge in [0.15, 0.2) is 5.69 Å². The topological polar surface area (TPSA) is 75.5 Å². The Labute approximate surface area is 168 Å². The van der Waals surface area contributed by atoms with Crippen molar-refractivity contribution in [2.75, 3.05) is 10.6 Å². The van der Waals surface area contributed by atoms with Crippen molar-refractivity contribution in [1.29, 1.82) is 0 Å². The maximum absolute atomic E-state index is 13.0. The number of aromatic nitrogens is 2. The van der Waals surface area contributed by atoms with Crippen molar-refractivity contribution >= 4 is 28.7 Å². The minimum Gasteiger partial charge on any atom is -0.321 e. The highest BCUT2D eigenvalue weighted by molar-refractivity contribution is 6.10. The van der Waals surface area contributed by atoms with E-state index < -0.39 is 0 Å². The molecule has 2 aromatic heterocycles. The zero-order valence-electron chi connectivity index (χ0n) is 16.1. The number of hydrogen-bond acceptors (Lipinski definition) is 3. The van der Waals surface area contributed by atoms with E-state index in [1.54, 1.807) is 34.9 Å². The molecule has 2 aromatic carbocycles. The van der Waals surface area contributed by atoms with Gasteiger partial charge in [-0.1, -0.05) is 42.5 Å². The third kappa shape index (κ3) is 3.60. The quantitative estimate of drug-likeness (QED) is 0.546. The number of amides is 2. The first-order valence-corrected chi connectivity index (χ1v) is 9.25. The van der Waals surface area contributed by atoms with Gasteiger partial charge in [0.2, 0.25) is 5.82 Å². The Bertz CT molecular complexity index is 1190. The van der Waals surface area contributed by atoms with Crippen molar-refractivity contribution in [2.24, 2.45) is 0 Å². The van der Waals surface area contributed by atoms with Crippen LogP contribution < -0.4 is 10.6 Å². The first-order valence-electron chi connectivity index (χ1n) is 9.25. The maximum Gasteiger partial charge on any atom is 0.292 e. The van der Waals surface area contributed by atoms with Crippen molar-refractivity contribution < 1.29 is 9.59 Å². The number of aryl methyl sites for hydroxylation is 2. The summed E-state index contributed by atoms with van der Waals surface area (Å²) < 4.78 is 1.63. The van der Waals surface area contributed by atoms with Crippen molar-refractivity contribution in [1.82, 2.24) is 9.38 Å². The predicted molar refractivity (Wildman–Crippen MR) is 113 cm³/mol. The third-order valence-corrected chi connectivity index (χ3v) is 4.72. The Morgan fingerprint density at radius 2 is 1.48 bits per heavy atom. The number of hydrogen-bond donors (Lipinski definition) is 2. The first kappa shape index (κ1) is 18.4. The summed E-state index contributed by atoms with van der Waals surface area (Å²) in [5.41, 5.74) is 4.09. The summed E-state index contributed by atoms with van der Waals surface area (Å²) in [6, 6.07) is 20.3. The molecule has 2 N–H and O–H groups in total. The SMILES string of the molecule is Cc1cccc(C)c1NC(=O)c1nc(C(=O)Nc2ccccc2)c2ccccn12. The smallest absolute Gasteiger partial charge is 0.292 e. The molecule has 4 rings (SSSR count). The summed E-state index contributed by atoms with van der Waals surface area (Å²) in [4.78, 5) is 30.2. The molecule has 0 spiro atoms. The fourth-order valence-electron chi connectivity index (χ4n) is 3.26. The van der Waals surface area contributed by atoms with Crippen molar-refractivity contribution in [2.45, 2.75) is 13.8 Å². The van der Waals surface area contributed by atoms with Crippen LogP contribution in [0.4, 0.5) is 11.4 Å². The fraction of sp³-hybridized carbons (Fsp3) is 0.0870. The number of benzene rings is 2. The van der Waals surface area contributed by atoms with Crippen LogP contribution in [0.3, 0.4) is 0 Å². The monoisotopic (exact) mass is 384 g/mol. The molecule has 0 saturated carbocycles. The first-order chi connectivity index (χ1) is 14.0. The number of fused-ring (bicyclic) bond motifs is 1. The second-order valence-corrected chi connectivity index (χ2v) is 6.78. The molecule has 144 valence electrons. The number of rotatable bonds is 4. The van der Waals surface area contributed by atoms with Gasteiger partial charge >= 0.3 is 0 Å². The second-order valence-electron chi connectivity index (χ2n) is 6.78. The van der Waals surface area contributed by atoms with Gasteiger partial charge in [-0.15, -0.1) is 0 Å². The van der Waals surface area contributed by atoms with Gasteiger partial charge in [0.05, 0.1) is 5.52 Å². The molecule has 2 heterocycles. The van der Waals surface area contributed by atoms with Crippen molar-refractivity contribution in [3.8, 4) is 0 Å². The Balaban J connectivity index is 1.70. The highest BCUT2D eigenvalue weighted by atomic mass is 16.2. The second kappa shape index (κ2) is 7.59. The van der Waals surface area contributed by atoms with Gasteiger partial charge < -0.3 is 10.6 Å². The van der Waals surface area contributed by atoms with Crippen LogP contribution in [-0.4, -0.2) is 21.2 Å². The molecule has 0 bridgehead atoms. The lowest BCUT2D eigenvalue weighted by atomic mass is 10.1. The van der Waals surface area contributed by atoms with E-state index in [1.165, 1.54) is 0 Å². The molecule has 2 amide bonds. The fourth-order valence-corrected chi connectivity index (χ4v) is 3.26. The zero-order valence-corrected chi connectivity index (χ0v) is 16.1. The number of para-hydroxylation sites is 2. The van der Waals surface area contributed by atoms with Gasteiger partial charge in [0, 0.05) is 17.6 Å². The summed E-state index contributed by atoms with van der Waals surface area (Å²) in [7, 11) is 0. The number of carbonyl (C=O) groups excluding carboxylic acids is 2. The van der Waals surface area contributed by atoms with E-state index in [2.05, 4.69) is 15.6 Å². The average molecular weight is 384 g/mol. The standard InChI is InChI=1S/C23H20N4O2/c1-15-9-8-10-16(2)19(15)26-23(29)21-25-20(18-13-6-7-14-27(18)21)22(28)24-17-11-4-3-5-12-17/h3-14H,1-2H3,(H,24,28)(H,26,29). The molecular weight excluding hydrogens is 364 g/mol. The minimum atomic E-state index is -0.373. The molecule has 6 heteroatoms. The largest absolute Gasteiger partial charge is 0.321 e. The zero-order chi connectivity index (χ0) is 20.4. The molecule has 4 aromatic rings. The van der Waals surface area contributed by atoms with Crippen LogP contribution in [0.2, 0.25) is 0 Å². The van der Waals surface area contributed by atoms with Crippen LogP contribution in [0, 0.1) is 13.8 Å². The summed E-state index contributed by atoms with van der Waals surface area (Å²) in [6.45, 7) is 3.87. The number of pyridine rings is 1. The van der Waals surface area contributed by atoms with Crippen molar-refractivity contribution in [3.05, 3.63) is 95.6 Å². The lowest BCUT2D eigenvalue weighted by Crippen LogP contribution is -2.17. The Kier molecular flexibility index (Phi) is 4.83. The molecule has 29 heavy (non-hydrogen) atoms. The number of nitrogens with one attached hydrogen (secondary N) is 2. The molecule has 0 unspecified atom stereocenters. The van der Waals surface area contributed by atoms with E-state index in [9.17, 15) is 9.59 Å². The number of imidazole rings is 1. The van der Waals surface area contributed by atoms with E-state index in [1.807, 2.05) is 56.3 Å². The Morgan fingerprint density at radius 1 is 0.793 bits per heavy atom. The number of nitrogens with zero attached hydrogens (tertiary/aromatic N) is 2. The highest BCUT2D eigenvalue weighted by Gasteiger charge is 2.22. The lowest BCUT2D eigenvalue weighted by Gasteiger charge is -2.10. The molecule has 0 atom stereocenters. The minimum absolute atomic E-state index is 0.154. The van der Waals surface area contributed by atoms with Gasteiger partial charge in [-0.25, -0.2) is 4.98 Å². The summed E-state index contributed by atoms with van der Waals surface area (Å²) >= 11 is 0. The van der Waals surface area contributed by atoms with Crippen molar-refractivity contribution in [3.63, 3.8) is 0 Å². The van der Waals surface area contributed by atoms with Crippen LogP contribution >= 0.6 is 0 Å². The van der Waals surface area contributed by atoms with Crippen LogP contribution in [0.25, 0.3) is 5.52 Å². The predicted octanol–water partition coefficient (Wildman–Crippen LogP) is 4.46. The van der Waals surface area contributed by atoms with Gasteiger partial charge in [-0.05, 0) is 49.2 Å². The van der Waals surface area contributed by atoms with Gasteiger partial charge in [0.25, 0.3) is 11.8 Å². The lowest BCUT2D eigenvalue weighted by molar-refractivity contribution is 0.101. The maximum atomic E-state index is 13.0. The van der Waals surface area contributed by atoms with E-state index >= 15 is 0 Å². The molecule has 0 aliphatic rings. The number of anilines is 2. The molecule has 0 fully saturated rings. The molecule has 0 saturated heterocycles. The van der Waals surface area contributed by atoms with Gasteiger partial charge in [-0.3, -0.25) is 14.0 Å². The molecule has 0 aliphatic heterocycles. The van der Waals surface area contributed by atoms with E-state index in [0.29, 0.717) is 11.2 Å². The molecule has 6 nitrogen and oxygen atoms in total. The van der Waals surface area contributed by atoms with E-state index in [-0.39, 0.29) is 23.3 Å². The van der Waals surface area contributed by atoms with Gasteiger partial charge in [-0.2, -0.15) is 0 Å². The van der Waals surface area contributed by atoms with Gasteiger partial charge in [0.1, 0.15) is 0 Å². The molecular formula is C23H20N4O2. The normalized spacial score (nSPS) is 10.7. The highest BCUT2D eigenvalue weighted by Crippen LogP contribution is 2.21. The Hall–Kier alpha value is -3.93. The summed E-state index contributed by atoms with van der Waals surface area (Å²) in [5, 5.41) is 5.76. The van der Waals surface area contributed by atoms with E-state index in [4.69, 9.17) is 0 Å². The Morgan fingerprint density at radius 3 is 2.21 bits per heavy atom. The van der Waals surface area contributed by atoms with Crippen LogP contribution in [0.1, 0.15) is 32.2 Å². The third-order valence-electron chi connectivity index (χ3n) is 4.72. The van der Waals surface area contributed by atoms with Crippen LogP contribution in [0.15, 0.2) is 72.9 Å². The summed E-state index contributed by atoms with van der Waals surface area (Å²) in [5.74, 6) is -0.588. The number of carbonyl (C=O) groups is 2. The summed E-state index contributed by atoms with van der Waals surface area (Å²) in [6.07, 6.45) is 1.72. The van der Waals surface area contributed by atoms with E-state index in [0.717, 1.165) is 16.8 Å². The van der Waals surface area contributed by atoms with Crippen LogP contribution in [-0.2, 0) is 0 Å². The molecule has 0 radical (unpaired) electrons.